The van der Waals surface area contributed by atoms with Crippen LogP contribution in [0.3, 0.4) is 0 Å². The van der Waals surface area contributed by atoms with Crippen molar-refractivity contribution < 1.29 is 4.74 Å². The van der Waals surface area contributed by atoms with E-state index >= 15 is 0 Å². The monoisotopic (exact) mass is 471 g/mol. The number of aromatic nitrogens is 1. The fraction of sp³-hybridized carbons (Fsp3) is 0.526. The minimum atomic E-state index is 0. The molecule has 0 atom stereocenters. The number of nitrogens with one attached hydrogen (secondary N) is 3. The molecule has 0 amide bonds. The number of nitrogens with zero attached hydrogens (tertiary/aromatic N) is 2. The van der Waals surface area contributed by atoms with Crippen LogP contribution < -0.4 is 10.6 Å². The van der Waals surface area contributed by atoms with Gasteiger partial charge in [0, 0.05) is 49.8 Å². The molecular weight excluding hydrogens is 441 g/mol. The zero-order chi connectivity index (χ0) is 17.3. The summed E-state index contributed by atoms with van der Waals surface area (Å²) in [7, 11) is 0. The van der Waals surface area contributed by atoms with Crippen LogP contribution in [0.25, 0.3) is 10.9 Å². The summed E-state index contributed by atoms with van der Waals surface area (Å²) < 4.78 is 5.38. The van der Waals surface area contributed by atoms with Gasteiger partial charge < -0.3 is 20.4 Å². The van der Waals surface area contributed by atoms with E-state index in [1.807, 2.05) is 0 Å². The first-order valence-corrected chi connectivity index (χ1v) is 9.24. The standard InChI is InChI=1S/C19H29N5O.HI/c1-2-20-19(22-9-10-24-11-13-25-14-12-24)21-8-7-16-15-23-18-6-4-3-5-17(16)18;/h3-6,15,23H,2,7-14H2,1H3,(H2,20,21,22);1H. The SMILES string of the molecule is CCNC(=NCCN1CCOCC1)NCCc1c[nH]c2ccccc12.I. The molecule has 1 aromatic heterocycles. The van der Waals surface area contributed by atoms with Gasteiger partial charge in [0.15, 0.2) is 5.96 Å². The molecule has 1 aromatic carbocycles. The van der Waals surface area contributed by atoms with Crippen molar-refractivity contribution in [3.05, 3.63) is 36.0 Å². The molecule has 7 heteroatoms. The largest absolute Gasteiger partial charge is 0.379 e. The number of hydrogen-bond acceptors (Lipinski definition) is 3. The highest BCUT2D eigenvalue weighted by molar-refractivity contribution is 14.0. The minimum Gasteiger partial charge on any atom is -0.379 e. The third-order valence-electron chi connectivity index (χ3n) is 4.50. The molecule has 0 radical (unpaired) electrons. The summed E-state index contributed by atoms with van der Waals surface area (Å²) in [5.41, 5.74) is 2.54. The lowest BCUT2D eigenvalue weighted by Gasteiger charge is -2.25. The average molecular weight is 471 g/mol. The lowest BCUT2D eigenvalue weighted by atomic mass is 10.1. The molecule has 26 heavy (non-hydrogen) atoms. The molecule has 6 nitrogen and oxygen atoms in total. The molecule has 1 fully saturated rings. The molecule has 3 rings (SSSR count). The molecule has 2 aromatic rings. The van der Waals surface area contributed by atoms with Gasteiger partial charge in [0.25, 0.3) is 0 Å². The number of rotatable bonds is 7. The number of fused-ring (bicyclic) bond motifs is 1. The maximum Gasteiger partial charge on any atom is 0.191 e. The fourth-order valence-corrected chi connectivity index (χ4v) is 3.12. The van der Waals surface area contributed by atoms with Crippen molar-refractivity contribution in [3.8, 4) is 0 Å². The summed E-state index contributed by atoms with van der Waals surface area (Å²) in [6.45, 7) is 9.34. The molecule has 0 spiro atoms. The van der Waals surface area contributed by atoms with E-state index in [2.05, 4.69) is 57.9 Å². The number of ether oxygens (including phenoxy) is 1. The lowest BCUT2D eigenvalue weighted by molar-refractivity contribution is 0.0394. The van der Waals surface area contributed by atoms with Crippen LogP contribution in [-0.2, 0) is 11.2 Å². The molecule has 1 aliphatic heterocycles. The van der Waals surface area contributed by atoms with Gasteiger partial charge in [-0.25, -0.2) is 0 Å². The molecule has 3 N–H and O–H groups in total. The van der Waals surface area contributed by atoms with Crippen LogP contribution >= 0.6 is 24.0 Å². The lowest BCUT2D eigenvalue weighted by Crippen LogP contribution is -2.40. The van der Waals surface area contributed by atoms with Crippen molar-refractivity contribution in [2.24, 2.45) is 4.99 Å². The molecule has 0 saturated carbocycles. The predicted octanol–water partition coefficient (Wildman–Crippen LogP) is 2.22. The molecule has 2 heterocycles. The Hall–Kier alpha value is -1.32. The first kappa shape index (κ1) is 21.0. The van der Waals surface area contributed by atoms with Crippen molar-refractivity contribution in [2.75, 3.05) is 52.5 Å². The van der Waals surface area contributed by atoms with Crippen LogP contribution in [0.15, 0.2) is 35.5 Å². The van der Waals surface area contributed by atoms with Gasteiger partial charge in [0.05, 0.1) is 19.8 Å². The maximum atomic E-state index is 5.38. The number of aliphatic imine (C=N–C) groups is 1. The second kappa shape index (κ2) is 11.4. The van der Waals surface area contributed by atoms with Crippen LogP contribution in [0.5, 0.6) is 0 Å². The highest BCUT2D eigenvalue weighted by atomic mass is 127. The van der Waals surface area contributed by atoms with Crippen molar-refractivity contribution in [1.82, 2.24) is 20.5 Å². The zero-order valence-corrected chi connectivity index (χ0v) is 17.8. The molecule has 1 aliphatic rings. The van der Waals surface area contributed by atoms with Crippen LogP contribution in [0.2, 0.25) is 0 Å². The summed E-state index contributed by atoms with van der Waals surface area (Å²) >= 11 is 0. The van der Waals surface area contributed by atoms with E-state index in [9.17, 15) is 0 Å². The molecular formula is C19H30IN5O. The molecule has 0 unspecified atom stereocenters. The van der Waals surface area contributed by atoms with Gasteiger partial charge in [-0.15, -0.1) is 24.0 Å². The first-order chi connectivity index (χ1) is 12.4. The minimum absolute atomic E-state index is 0. The Balaban J connectivity index is 0.00000243. The first-order valence-electron chi connectivity index (χ1n) is 9.24. The highest BCUT2D eigenvalue weighted by Crippen LogP contribution is 2.17. The van der Waals surface area contributed by atoms with E-state index in [4.69, 9.17) is 9.73 Å². The highest BCUT2D eigenvalue weighted by Gasteiger charge is 2.09. The number of para-hydroxylation sites is 1. The Kier molecular flexibility index (Phi) is 9.21. The summed E-state index contributed by atoms with van der Waals surface area (Å²) in [5, 5.41) is 8.07. The Bertz CT molecular complexity index is 681. The quantitative estimate of drug-likeness (QED) is 0.329. The van der Waals surface area contributed by atoms with Crippen molar-refractivity contribution in [1.29, 1.82) is 0 Å². The number of guanidine groups is 1. The molecule has 144 valence electrons. The number of morpholine rings is 1. The van der Waals surface area contributed by atoms with Crippen LogP contribution in [-0.4, -0.2) is 68.3 Å². The predicted molar refractivity (Wildman–Crippen MR) is 119 cm³/mol. The third-order valence-corrected chi connectivity index (χ3v) is 4.50. The van der Waals surface area contributed by atoms with Crippen molar-refractivity contribution in [3.63, 3.8) is 0 Å². The smallest absolute Gasteiger partial charge is 0.191 e. The van der Waals surface area contributed by atoms with Crippen molar-refractivity contribution >= 4 is 40.8 Å². The molecule has 0 aliphatic carbocycles. The number of hydrogen-bond donors (Lipinski definition) is 3. The molecule has 1 saturated heterocycles. The van der Waals surface area contributed by atoms with E-state index < -0.39 is 0 Å². The average Bonchev–Trinajstić information content (AvgIpc) is 3.06. The van der Waals surface area contributed by atoms with Gasteiger partial charge in [-0.05, 0) is 25.0 Å². The Morgan fingerprint density at radius 1 is 1.23 bits per heavy atom. The van der Waals surface area contributed by atoms with E-state index in [-0.39, 0.29) is 24.0 Å². The molecule has 0 bridgehead atoms. The van der Waals surface area contributed by atoms with E-state index in [1.54, 1.807) is 0 Å². The summed E-state index contributed by atoms with van der Waals surface area (Å²) in [6, 6.07) is 8.43. The van der Waals surface area contributed by atoms with Crippen LogP contribution in [0.1, 0.15) is 12.5 Å². The van der Waals surface area contributed by atoms with Crippen LogP contribution in [0, 0.1) is 0 Å². The van der Waals surface area contributed by atoms with E-state index in [1.165, 1.54) is 16.5 Å². The topological polar surface area (TPSA) is 64.7 Å². The maximum absolute atomic E-state index is 5.38. The van der Waals surface area contributed by atoms with Gasteiger partial charge >= 0.3 is 0 Å². The Labute approximate surface area is 172 Å². The van der Waals surface area contributed by atoms with Gasteiger partial charge in [0.1, 0.15) is 0 Å². The summed E-state index contributed by atoms with van der Waals surface area (Å²) in [4.78, 5) is 10.4. The van der Waals surface area contributed by atoms with Gasteiger partial charge in [-0.2, -0.15) is 0 Å². The Morgan fingerprint density at radius 2 is 2.04 bits per heavy atom. The second-order valence-electron chi connectivity index (χ2n) is 6.25. The summed E-state index contributed by atoms with van der Waals surface area (Å²) in [6.07, 6.45) is 3.08. The number of aromatic amines is 1. The Morgan fingerprint density at radius 3 is 2.85 bits per heavy atom. The second-order valence-corrected chi connectivity index (χ2v) is 6.25. The van der Waals surface area contributed by atoms with Crippen LogP contribution in [0.4, 0.5) is 0 Å². The fourth-order valence-electron chi connectivity index (χ4n) is 3.12. The van der Waals surface area contributed by atoms with Crippen molar-refractivity contribution in [2.45, 2.75) is 13.3 Å². The zero-order valence-electron chi connectivity index (χ0n) is 15.5. The van der Waals surface area contributed by atoms with Gasteiger partial charge in [-0.3, -0.25) is 9.89 Å². The number of H-pyrrole nitrogens is 1. The van der Waals surface area contributed by atoms with E-state index in [0.717, 1.165) is 64.9 Å². The summed E-state index contributed by atoms with van der Waals surface area (Å²) in [5.74, 6) is 0.899. The van der Waals surface area contributed by atoms with Gasteiger partial charge in [0.2, 0.25) is 0 Å². The van der Waals surface area contributed by atoms with Gasteiger partial charge in [-0.1, -0.05) is 18.2 Å². The number of benzene rings is 1. The normalized spacial score (nSPS) is 15.7. The third kappa shape index (κ3) is 6.14. The van der Waals surface area contributed by atoms with E-state index in [0.29, 0.717) is 0 Å². The number of halogens is 1.